The van der Waals surface area contributed by atoms with E-state index in [4.69, 9.17) is 0 Å². The lowest BCUT2D eigenvalue weighted by Gasteiger charge is -2.32. The Morgan fingerprint density at radius 2 is 1.89 bits per heavy atom. The Bertz CT molecular complexity index is 750. The van der Waals surface area contributed by atoms with Crippen LogP contribution in [-0.4, -0.2) is 71.4 Å². The molecule has 2 aliphatic rings. The Balaban J connectivity index is 1.36. The van der Waals surface area contributed by atoms with E-state index in [0.717, 1.165) is 57.2 Å². The molecule has 1 amide bonds. The molecule has 0 unspecified atom stereocenters. The number of nitrogens with zero attached hydrogens (tertiary/aromatic N) is 8. The average Bonchev–Trinajstić information content (AvgIpc) is 3.44. The largest absolute Gasteiger partial charge is 0.342 e. The third-order valence-electron chi connectivity index (χ3n) is 5.75. The minimum Gasteiger partial charge on any atom is -0.342 e. The van der Waals surface area contributed by atoms with Crippen LogP contribution in [-0.2, 0) is 24.9 Å². The highest BCUT2D eigenvalue weighted by Gasteiger charge is 2.28. The van der Waals surface area contributed by atoms with Gasteiger partial charge in [-0.05, 0) is 38.8 Å². The molecule has 2 aromatic heterocycles. The molecule has 0 radical (unpaired) electrons. The van der Waals surface area contributed by atoms with Crippen LogP contribution in [0.3, 0.4) is 0 Å². The van der Waals surface area contributed by atoms with Gasteiger partial charge in [0.1, 0.15) is 24.3 Å². The monoisotopic (exact) mass is 372 g/mol. The van der Waals surface area contributed by atoms with Crippen LogP contribution >= 0.6 is 0 Å². The number of carbonyl (C=O) groups is 1. The second-order valence-corrected chi connectivity index (χ2v) is 7.65. The molecule has 4 heterocycles. The molecular weight excluding hydrogens is 344 g/mol. The van der Waals surface area contributed by atoms with Crippen LogP contribution in [0.1, 0.15) is 49.7 Å². The summed E-state index contributed by atoms with van der Waals surface area (Å²) in [5.41, 5.74) is 0. The Kier molecular flexibility index (Phi) is 5.47. The zero-order valence-corrected chi connectivity index (χ0v) is 16.0. The van der Waals surface area contributed by atoms with Gasteiger partial charge in [0.25, 0.3) is 0 Å². The quantitative estimate of drug-likeness (QED) is 0.746. The van der Waals surface area contributed by atoms with Gasteiger partial charge in [-0.25, -0.2) is 0 Å². The minimum absolute atomic E-state index is 0.188. The van der Waals surface area contributed by atoms with Crippen molar-refractivity contribution >= 4 is 5.91 Å². The van der Waals surface area contributed by atoms with Gasteiger partial charge in [-0.3, -0.25) is 9.69 Å². The van der Waals surface area contributed by atoms with E-state index in [1.807, 2.05) is 9.47 Å². The summed E-state index contributed by atoms with van der Waals surface area (Å²) in [7, 11) is 2.06. The highest BCUT2D eigenvalue weighted by atomic mass is 16.2. The summed E-state index contributed by atoms with van der Waals surface area (Å²) in [6.07, 6.45) is 8.40. The zero-order valence-electron chi connectivity index (χ0n) is 16.0. The summed E-state index contributed by atoms with van der Waals surface area (Å²) < 4.78 is 3.99. The van der Waals surface area contributed by atoms with Gasteiger partial charge in [0.2, 0.25) is 5.91 Å². The van der Waals surface area contributed by atoms with Crippen molar-refractivity contribution in [3.63, 3.8) is 0 Å². The molecule has 1 atom stereocenters. The standard InChI is InChI=1S/C18H28N8O/c1-23-16(12-24-7-2-3-8-24)21-22-18(23)15-5-4-9-26(11-15)17(27)6-10-25-13-19-20-14-25/h13-15H,2-12H2,1H3/t15-/m1/s1. The SMILES string of the molecule is Cn1c(CN2CCCC2)nnc1[C@@H]1CCCN(C(=O)CCn2cnnc2)C1. The van der Waals surface area contributed by atoms with Crippen LogP contribution in [0.4, 0.5) is 0 Å². The number of carbonyl (C=O) groups excluding carboxylic acids is 1. The molecule has 9 nitrogen and oxygen atoms in total. The van der Waals surface area contributed by atoms with Crippen molar-refractivity contribution in [3.05, 3.63) is 24.3 Å². The number of likely N-dealkylation sites (tertiary alicyclic amines) is 2. The minimum atomic E-state index is 0.188. The van der Waals surface area contributed by atoms with Gasteiger partial charge in [-0.2, -0.15) is 0 Å². The van der Waals surface area contributed by atoms with Crippen molar-refractivity contribution in [3.8, 4) is 0 Å². The van der Waals surface area contributed by atoms with Crippen molar-refractivity contribution in [2.75, 3.05) is 26.2 Å². The van der Waals surface area contributed by atoms with E-state index in [9.17, 15) is 4.79 Å². The van der Waals surface area contributed by atoms with Gasteiger partial charge in [-0.1, -0.05) is 0 Å². The van der Waals surface area contributed by atoms with E-state index in [1.54, 1.807) is 12.7 Å². The van der Waals surface area contributed by atoms with Gasteiger partial charge < -0.3 is 14.0 Å². The van der Waals surface area contributed by atoms with Crippen LogP contribution < -0.4 is 0 Å². The molecule has 2 saturated heterocycles. The molecule has 0 aromatic carbocycles. The van der Waals surface area contributed by atoms with Gasteiger partial charge >= 0.3 is 0 Å². The fourth-order valence-electron chi connectivity index (χ4n) is 4.14. The number of amides is 1. The summed E-state index contributed by atoms with van der Waals surface area (Å²) >= 11 is 0. The number of hydrogen-bond acceptors (Lipinski definition) is 6. The first-order valence-corrected chi connectivity index (χ1v) is 9.91. The Morgan fingerprint density at radius 1 is 1.11 bits per heavy atom. The first-order chi connectivity index (χ1) is 13.2. The lowest BCUT2D eigenvalue weighted by molar-refractivity contribution is -0.132. The third-order valence-corrected chi connectivity index (χ3v) is 5.75. The average molecular weight is 372 g/mol. The van der Waals surface area contributed by atoms with Gasteiger partial charge in [-0.15, -0.1) is 20.4 Å². The number of aryl methyl sites for hydroxylation is 1. The first-order valence-electron chi connectivity index (χ1n) is 9.91. The molecule has 2 aliphatic heterocycles. The van der Waals surface area contributed by atoms with Gasteiger partial charge in [0.15, 0.2) is 0 Å². The fourth-order valence-corrected chi connectivity index (χ4v) is 4.14. The maximum absolute atomic E-state index is 12.6. The summed E-state index contributed by atoms with van der Waals surface area (Å²) in [4.78, 5) is 17.0. The highest BCUT2D eigenvalue weighted by molar-refractivity contribution is 5.76. The second kappa shape index (κ2) is 8.16. The van der Waals surface area contributed by atoms with E-state index >= 15 is 0 Å². The van der Waals surface area contributed by atoms with Crippen molar-refractivity contribution in [2.24, 2.45) is 7.05 Å². The maximum atomic E-state index is 12.6. The fraction of sp³-hybridized carbons (Fsp3) is 0.722. The van der Waals surface area contributed by atoms with E-state index < -0.39 is 0 Å². The number of hydrogen-bond donors (Lipinski definition) is 0. The molecular formula is C18H28N8O. The molecule has 2 fully saturated rings. The Morgan fingerprint density at radius 3 is 2.67 bits per heavy atom. The molecule has 146 valence electrons. The normalized spacial score (nSPS) is 21.1. The molecule has 27 heavy (non-hydrogen) atoms. The van der Waals surface area contributed by atoms with Crippen LogP contribution in [0, 0.1) is 0 Å². The van der Waals surface area contributed by atoms with Crippen LogP contribution in [0.25, 0.3) is 0 Å². The van der Waals surface area contributed by atoms with Crippen molar-refractivity contribution in [2.45, 2.75) is 51.1 Å². The zero-order chi connectivity index (χ0) is 18.6. The van der Waals surface area contributed by atoms with Crippen LogP contribution in [0.5, 0.6) is 0 Å². The first kappa shape index (κ1) is 18.1. The predicted molar refractivity (Wildman–Crippen MR) is 98.7 cm³/mol. The van der Waals surface area contributed by atoms with Crippen LogP contribution in [0.2, 0.25) is 0 Å². The number of aromatic nitrogens is 6. The number of rotatable bonds is 6. The molecule has 2 aromatic rings. The highest BCUT2D eigenvalue weighted by Crippen LogP contribution is 2.26. The molecule has 0 spiro atoms. The molecule has 0 N–H and O–H groups in total. The lowest BCUT2D eigenvalue weighted by atomic mass is 9.97. The molecule has 9 heteroatoms. The third kappa shape index (κ3) is 4.18. The van der Waals surface area contributed by atoms with Gasteiger partial charge in [0.05, 0.1) is 6.54 Å². The number of piperidine rings is 1. The molecule has 0 aliphatic carbocycles. The van der Waals surface area contributed by atoms with Crippen molar-refractivity contribution in [1.82, 2.24) is 39.3 Å². The maximum Gasteiger partial charge on any atom is 0.224 e. The van der Waals surface area contributed by atoms with E-state index in [2.05, 4.69) is 36.9 Å². The van der Waals surface area contributed by atoms with E-state index in [-0.39, 0.29) is 11.8 Å². The molecule has 4 rings (SSSR count). The summed E-state index contributed by atoms with van der Waals surface area (Å²) in [5.74, 6) is 2.50. The molecule has 0 bridgehead atoms. The topological polar surface area (TPSA) is 85.0 Å². The van der Waals surface area contributed by atoms with E-state index in [0.29, 0.717) is 13.0 Å². The van der Waals surface area contributed by atoms with E-state index in [1.165, 1.54) is 12.8 Å². The smallest absolute Gasteiger partial charge is 0.224 e. The lowest BCUT2D eigenvalue weighted by Crippen LogP contribution is -2.40. The van der Waals surface area contributed by atoms with Crippen molar-refractivity contribution in [1.29, 1.82) is 0 Å². The van der Waals surface area contributed by atoms with Crippen LogP contribution in [0.15, 0.2) is 12.7 Å². The summed E-state index contributed by atoms with van der Waals surface area (Å²) in [6.45, 7) is 5.36. The molecule has 0 saturated carbocycles. The predicted octanol–water partition coefficient (Wildman–Crippen LogP) is 0.799. The van der Waals surface area contributed by atoms with Crippen molar-refractivity contribution < 1.29 is 4.79 Å². The Hall–Kier alpha value is -2.29. The summed E-state index contributed by atoms with van der Waals surface area (Å²) in [5, 5.41) is 16.5. The Labute approximate surface area is 159 Å². The summed E-state index contributed by atoms with van der Waals surface area (Å²) in [6, 6.07) is 0. The van der Waals surface area contributed by atoms with Gasteiger partial charge in [0, 0.05) is 39.0 Å². The second-order valence-electron chi connectivity index (χ2n) is 7.65.